The van der Waals surface area contributed by atoms with E-state index in [4.69, 9.17) is 0 Å². The molecular formula is C57H53BN2. The SMILES string of the molecule is Cc1cccc(C)c1-c1cc2c3c(c1)N1c4c(cc(C(C)(C)C)cc4C4(C)CCCCC14C)B3N1c3ccccc3C(c3ccccc3)(c3ccccc3)c3cccc-2c31. The molecule has 0 radical (unpaired) electrons. The van der Waals surface area contributed by atoms with Gasteiger partial charge in [-0.1, -0.05) is 168 Å². The Labute approximate surface area is 357 Å². The van der Waals surface area contributed by atoms with Gasteiger partial charge in [0.05, 0.1) is 11.0 Å². The van der Waals surface area contributed by atoms with Crippen molar-refractivity contribution in [1.82, 2.24) is 0 Å². The predicted molar refractivity (Wildman–Crippen MR) is 254 cm³/mol. The molecule has 4 heterocycles. The second-order valence-electron chi connectivity index (χ2n) is 20.1. The molecule has 0 amide bonds. The van der Waals surface area contributed by atoms with Crippen LogP contribution >= 0.6 is 0 Å². The molecule has 7 aromatic rings. The van der Waals surface area contributed by atoms with Crippen molar-refractivity contribution >= 4 is 40.5 Å². The molecule has 2 unspecified atom stereocenters. The number of aryl methyl sites for hydroxylation is 2. The molecule has 3 heteroatoms. The Morgan fingerprint density at radius 2 is 1.20 bits per heavy atom. The third-order valence-electron chi connectivity index (χ3n) is 16.0. The first-order valence-corrected chi connectivity index (χ1v) is 22.4. The number of hydrogen-bond donors (Lipinski definition) is 0. The van der Waals surface area contributed by atoms with Crippen molar-refractivity contribution in [3.05, 3.63) is 190 Å². The summed E-state index contributed by atoms with van der Waals surface area (Å²) in [5.74, 6) is 0. The molecule has 5 aliphatic rings. The smallest absolute Gasteiger partial charge is 0.333 e. The van der Waals surface area contributed by atoms with Gasteiger partial charge in [-0.3, -0.25) is 0 Å². The van der Waals surface area contributed by atoms with Gasteiger partial charge in [0.25, 0.3) is 0 Å². The maximum Gasteiger partial charge on any atom is 0.333 e. The van der Waals surface area contributed by atoms with Gasteiger partial charge in [-0.25, -0.2) is 0 Å². The molecule has 0 N–H and O–H groups in total. The van der Waals surface area contributed by atoms with Crippen molar-refractivity contribution in [2.75, 3.05) is 9.71 Å². The molecule has 7 aromatic carbocycles. The first-order valence-electron chi connectivity index (χ1n) is 22.4. The minimum atomic E-state index is -0.530. The molecule has 60 heavy (non-hydrogen) atoms. The molecule has 4 aliphatic heterocycles. The monoisotopic (exact) mass is 776 g/mol. The molecule has 0 spiro atoms. The molecule has 2 nitrogen and oxygen atoms in total. The lowest BCUT2D eigenvalue weighted by Crippen LogP contribution is -2.65. The van der Waals surface area contributed by atoms with E-state index >= 15 is 0 Å². The van der Waals surface area contributed by atoms with E-state index in [9.17, 15) is 0 Å². The number of nitrogens with zero attached hydrogens (tertiary/aromatic N) is 2. The lowest BCUT2D eigenvalue weighted by Gasteiger charge is -2.55. The van der Waals surface area contributed by atoms with Crippen LogP contribution in [-0.2, 0) is 16.2 Å². The van der Waals surface area contributed by atoms with Crippen LogP contribution in [0.15, 0.2) is 146 Å². The van der Waals surface area contributed by atoms with E-state index in [1.54, 1.807) is 5.56 Å². The summed E-state index contributed by atoms with van der Waals surface area (Å²) >= 11 is 0. The van der Waals surface area contributed by atoms with Crippen molar-refractivity contribution in [2.24, 2.45) is 0 Å². The Balaban J connectivity index is 1.28. The molecule has 0 aromatic heterocycles. The summed E-state index contributed by atoms with van der Waals surface area (Å²) in [6.07, 6.45) is 4.91. The zero-order valence-electron chi connectivity index (χ0n) is 36.2. The van der Waals surface area contributed by atoms with Crippen LogP contribution in [0, 0.1) is 13.8 Å². The fraction of sp³-hybridized carbons (Fsp3) is 0.263. The molecule has 1 aliphatic carbocycles. The zero-order chi connectivity index (χ0) is 40.9. The van der Waals surface area contributed by atoms with Crippen molar-refractivity contribution in [3.63, 3.8) is 0 Å². The van der Waals surface area contributed by atoms with E-state index in [1.165, 1.54) is 121 Å². The zero-order valence-corrected chi connectivity index (χ0v) is 36.2. The summed E-state index contributed by atoms with van der Waals surface area (Å²) < 4.78 is 0. The second-order valence-corrected chi connectivity index (χ2v) is 20.1. The molecule has 2 atom stereocenters. The van der Waals surface area contributed by atoms with Gasteiger partial charge >= 0.3 is 6.85 Å². The van der Waals surface area contributed by atoms with E-state index in [2.05, 4.69) is 204 Å². The fourth-order valence-electron chi connectivity index (χ4n) is 13.1. The van der Waals surface area contributed by atoms with Crippen LogP contribution in [0.4, 0.5) is 22.7 Å². The summed E-state index contributed by atoms with van der Waals surface area (Å²) in [4.78, 5) is 5.71. The van der Waals surface area contributed by atoms with E-state index in [1.807, 2.05) is 0 Å². The highest BCUT2D eigenvalue weighted by Gasteiger charge is 2.63. The predicted octanol–water partition coefficient (Wildman–Crippen LogP) is 12.9. The Morgan fingerprint density at radius 1 is 0.567 bits per heavy atom. The van der Waals surface area contributed by atoms with Crippen LogP contribution in [-0.4, -0.2) is 12.4 Å². The van der Waals surface area contributed by atoms with E-state index < -0.39 is 5.41 Å². The van der Waals surface area contributed by atoms with E-state index in [0.29, 0.717) is 0 Å². The topological polar surface area (TPSA) is 6.48 Å². The molecule has 12 rings (SSSR count). The van der Waals surface area contributed by atoms with Crippen LogP contribution in [0.3, 0.4) is 0 Å². The van der Waals surface area contributed by atoms with Crippen molar-refractivity contribution in [1.29, 1.82) is 0 Å². The summed E-state index contributed by atoms with van der Waals surface area (Å²) in [7, 11) is 0. The first-order chi connectivity index (χ1) is 29.0. The number of fused-ring (bicyclic) bond motifs is 9. The quantitative estimate of drug-likeness (QED) is 0.165. The third kappa shape index (κ3) is 4.36. The lowest BCUT2D eigenvalue weighted by atomic mass is 9.41. The van der Waals surface area contributed by atoms with Crippen LogP contribution < -0.4 is 20.6 Å². The molecule has 1 saturated carbocycles. The highest BCUT2D eigenvalue weighted by atomic mass is 15.3. The Kier molecular flexibility index (Phi) is 7.31. The summed E-state index contributed by atoms with van der Waals surface area (Å²) in [6.45, 7) is 17.0. The van der Waals surface area contributed by atoms with Crippen LogP contribution in [0.25, 0.3) is 22.3 Å². The number of anilines is 4. The molecule has 1 fully saturated rings. The average molecular weight is 777 g/mol. The Morgan fingerprint density at radius 3 is 1.90 bits per heavy atom. The summed E-state index contributed by atoms with van der Waals surface area (Å²) in [6, 6.07) is 56.5. The van der Waals surface area contributed by atoms with Crippen molar-refractivity contribution in [2.45, 2.75) is 95.9 Å². The number of para-hydroxylation sites is 2. The van der Waals surface area contributed by atoms with Gasteiger partial charge in [-0.15, -0.1) is 0 Å². The molecular weight excluding hydrogens is 723 g/mol. The van der Waals surface area contributed by atoms with Gasteiger partial charge in [-0.05, 0) is 129 Å². The molecule has 294 valence electrons. The maximum absolute atomic E-state index is 2.90. The van der Waals surface area contributed by atoms with E-state index in [-0.39, 0.29) is 23.2 Å². The van der Waals surface area contributed by atoms with Crippen LogP contribution in [0.2, 0.25) is 0 Å². The van der Waals surface area contributed by atoms with Gasteiger partial charge in [0.2, 0.25) is 0 Å². The van der Waals surface area contributed by atoms with Crippen LogP contribution in [0.1, 0.15) is 105 Å². The normalized spacial score (nSPS) is 21.1. The fourth-order valence-corrected chi connectivity index (χ4v) is 13.1. The highest BCUT2D eigenvalue weighted by Crippen LogP contribution is 2.65. The minimum Gasteiger partial charge on any atom is -0.376 e. The van der Waals surface area contributed by atoms with Gasteiger partial charge < -0.3 is 9.71 Å². The first kappa shape index (κ1) is 36.1. The largest absolute Gasteiger partial charge is 0.376 e. The van der Waals surface area contributed by atoms with Gasteiger partial charge in [0.1, 0.15) is 0 Å². The van der Waals surface area contributed by atoms with Crippen LogP contribution in [0.5, 0.6) is 0 Å². The van der Waals surface area contributed by atoms with E-state index in [0.717, 1.165) is 0 Å². The number of hydrogen-bond acceptors (Lipinski definition) is 2. The summed E-state index contributed by atoms with van der Waals surface area (Å²) in [5.41, 5.74) is 24.1. The standard InChI is InChI=1S/C57H53BN2/c1-36-20-18-21-37(2)50(36)38-32-43-42-26-19-28-45-52(42)60(48-29-15-14-27-44(48)57(45,39-22-10-8-11-23-39)40-24-12-9-13-25-40)58-47-35-41(54(3,4)5)34-46-53(47)59(49(33-38)51(43)58)56(7)31-17-16-30-55(46,56)6/h8-15,18-29,32-35H,16-17,30-31H2,1-7H3. The average Bonchev–Trinajstić information content (AvgIpc) is 3.47. The number of rotatable bonds is 3. The van der Waals surface area contributed by atoms with Gasteiger partial charge in [0.15, 0.2) is 0 Å². The van der Waals surface area contributed by atoms with Gasteiger partial charge in [0, 0.05) is 33.7 Å². The Hall–Kier alpha value is -5.80. The maximum atomic E-state index is 2.90. The molecule has 0 saturated heterocycles. The Bertz CT molecular complexity index is 2880. The lowest BCUT2D eigenvalue weighted by molar-refractivity contribution is 0.195. The van der Waals surface area contributed by atoms with Crippen molar-refractivity contribution in [3.8, 4) is 22.3 Å². The number of benzene rings is 7. The summed E-state index contributed by atoms with van der Waals surface area (Å²) in [5, 5.41) is 0. The third-order valence-corrected chi connectivity index (χ3v) is 16.0. The highest BCUT2D eigenvalue weighted by molar-refractivity contribution is 6.93. The van der Waals surface area contributed by atoms with Gasteiger partial charge in [-0.2, -0.15) is 0 Å². The second kappa shape index (κ2) is 12.2. The molecule has 0 bridgehead atoms. The van der Waals surface area contributed by atoms with Crippen molar-refractivity contribution < 1.29 is 0 Å². The minimum absolute atomic E-state index is 0.0109.